The molecule has 18 heterocycles. The topological polar surface area (TPSA) is 80.6 Å². The highest BCUT2D eigenvalue weighted by Crippen LogP contribution is 2.34. The number of hydrogen-bond donors (Lipinski definition) is 0. The summed E-state index contributed by atoms with van der Waals surface area (Å²) in [7, 11) is 0. The predicted molar refractivity (Wildman–Crippen MR) is 269 cm³/mol. The summed E-state index contributed by atoms with van der Waals surface area (Å²) in [6, 6.07) is 13.5. The van der Waals surface area contributed by atoms with E-state index in [1.54, 1.807) is 68.0 Å². The number of aliphatic imine (C=N–C) groups is 6. The van der Waals surface area contributed by atoms with Crippen molar-refractivity contribution in [1.82, 2.24) is 9.80 Å². The summed E-state index contributed by atoms with van der Waals surface area (Å²) in [5.74, 6) is 0. The molecule has 6 aromatic rings. The molecule has 8 nitrogen and oxygen atoms in total. The van der Waals surface area contributed by atoms with Crippen LogP contribution in [-0.4, -0.2) is 134 Å². The minimum Gasteiger partial charge on any atom is -0.298 e. The van der Waals surface area contributed by atoms with Gasteiger partial charge in [0.2, 0.25) is 0 Å². The van der Waals surface area contributed by atoms with E-state index >= 15 is 0 Å². The molecule has 12 aliphatic rings. The van der Waals surface area contributed by atoms with Crippen LogP contribution in [0.25, 0.3) is 28.2 Å². The van der Waals surface area contributed by atoms with Gasteiger partial charge in [-0.3, -0.25) is 39.8 Å². The Hall–Kier alpha value is -1.34. The number of thiophene rings is 6. The maximum atomic E-state index is 4.83. The Labute approximate surface area is 391 Å². The Bertz CT molecular complexity index is 1870. The number of alkyl halides is 6. The van der Waals surface area contributed by atoms with E-state index in [2.05, 4.69) is 46.2 Å². The minimum absolute atomic E-state index is 0.744. The van der Waals surface area contributed by atoms with Gasteiger partial charge in [0.15, 0.2) is 8.59 Å². The Kier molecular flexibility index (Phi) is 19.4. The zero-order valence-electron chi connectivity index (χ0n) is 30.9. The molecule has 58 heavy (non-hydrogen) atoms. The van der Waals surface area contributed by atoms with E-state index in [1.807, 2.05) is 37.3 Å². The first-order valence-corrected chi connectivity index (χ1v) is 25.6. The number of nitrogens with zero attached hydrogens (tertiary/aromatic N) is 8. The molecule has 0 saturated heterocycles. The van der Waals surface area contributed by atoms with Gasteiger partial charge in [-0.05, 0) is 36.4 Å². The number of hydrogen-bond acceptors (Lipinski definition) is 14. The van der Waals surface area contributed by atoms with Gasteiger partial charge < -0.3 is 0 Å². The molecule has 0 aromatic carbocycles. The SMILES string of the molecule is C1=NCCN2CCN=Cc3cc4cc(sc4s3)C=NCCN(CCN=Cc3cc4cc1sc4s3)CCN=Cc1cc3cc(sc3s1)C=NCC2.ClC(Cl)Cl.ClC(Cl)Cl. The molecule has 18 rings (SSSR count). The van der Waals surface area contributed by atoms with Gasteiger partial charge >= 0.3 is 0 Å². The third-order valence-corrected chi connectivity index (χ3v) is 15.1. The molecule has 6 aromatic heterocycles. The van der Waals surface area contributed by atoms with Crippen molar-refractivity contribution in [2.45, 2.75) is 8.59 Å². The van der Waals surface area contributed by atoms with Gasteiger partial charge in [0.1, 0.15) is 0 Å². The van der Waals surface area contributed by atoms with Crippen LogP contribution in [-0.2, 0) is 0 Å². The molecule has 14 bridgehead atoms. The highest BCUT2D eigenvalue weighted by atomic mass is 35.6. The molecule has 0 atom stereocenters. The van der Waals surface area contributed by atoms with E-state index in [1.165, 1.54) is 57.5 Å². The van der Waals surface area contributed by atoms with Crippen molar-refractivity contribution in [2.24, 2.45) is 30.0 Å². The Morgan fingerprint density at radius 1 is 0.345 bits per heavy atom. The number of rotatable bonds is 0. The monoisotopic (exact) mass is 1010 g/mol. The maximum Gasteiger partial charge on any atom is 0.180 e. The molecule has 0 fully saturated rings. The van der Waals surface area contributed by atoms with E-state index < -0.39 is 8.59 Å². The van der Waals surface area contributed by atoms with Crippen molar-refractivity contribution in [3.8, 4) is 0 Å². The lowest BCUT2D eigenvalue weighted by molar-refractivity contribution is 0.298. The third kappa shape index (κ3) is 15.5. The van der Waals surface area contributed by atoms with E-state index in [4.69, 9.17) is 99.6 Å². The smallest absolute Gasteiger partial charge is 0.180 e. The van der Waals surface area contributed by atoms with Crippen molar-refractivity contribution in [1.29, 1.82) is 0 Å². The zero-order valence-corrected chi connectivity index (χ0v) is 40.3. The molecule has 0 aliphatic carbocycles. The van der Waals surface area contributed by atoms with Gasteiger partial charge in [0.25, 0.3) is 0 Å². The Morgan fingerprint density at radius 3 is 0.672 bits per heavy atom. The first kappa shape index (κ1) is 46.2. The predicted octanol–water partition coefficient (Wildman–Crippen LogP) is 12.0. The summed E-state index contributed by atoms with van der Waals surface area (Å²) in [6.07, 6.45) is 12.2. The molecule has 0 saturated carbocycles. The van der Waals surface area contributed by atoms with Crippen LogP contribution in [0.5, 0.6) is 0 Å². The lowest BCUT2D eigenvalue weighted by Crippen LogP contribution is -2.31. The summed E-state index contributed by atoms with van der Waals surface area (Å²) in [5, 5.41) is 3.81. The largest absolute Gasteiger partial charge is 0.298 e. The van der Waals surface area contributed by atoms with Crippen LogP contribution in [0, 0.1) is 0 Å². The molecule has 0 radical (unpaired) electrons. The Balaban J connectivity index is 0.000000651. The molecule has 0 N–H and O–H groups in total. The average molecular weight is 1010 g/mol. The van der Waals surface area contributed by atoms with Gasteiger partial charge in [0.05, 0.1) is 51.3 Å². The third-order valence-electron chi connectivity index (χ3n) is 8.34. The molecule has 12 aliphatic heterocycles. The summed E-state index contributed by atoms with van der Waals surface area (Å²) >= 11 is 39.7. The van der Waals surface area contributed by atoms with Crippen LogP contribution >= 0.6 is 138 Å². The Morgan fingerprint density at radius 2 is 0.517 bits per heavy atom. The van der Waals surface area contributed by atoms with Gasteiger partial charge in [0, 0.05) is 122 Å². The van der Waals surface area contributed by atoms with Crippen molar-refractivity contribution in [3.63, 3.8) is 0 Å². The summed E-state index contributed by atoms with van der Waals surface area (Å²) < 4.78 is 2.45. The van der Waals surface area contributed by atoms with Crippen LogP contribution in [0.4, 0.5) is 0 Å². The highest BCUT2D eigenvalue weighted by molar-refractivity contribution is 7.40. The minimum atomic E-state index is -0.750. The van der Waals surface area contributed by atoms with E-state index in [-0.39, 0.29) is 0 Å². The van der Waals surface area contributed by atoms with Gasteiger partial charge in [-0.15, -0.1) is 68.0 Å². The first-order chi connectivity index (χ1) is 28.2. The van der Waals surface area contributed by atoms with E-state index in [0.29, 0.717) is 0 Å². The van der Waals surface area contributed by atoms with Crippen LogP contribution in [0.15, 0.2) is 66.4 Å². The maximum absolute atomic E-state index is 4.83. The van der Waals surface area contributed by atoms with Gasteiger partial charge in [-0.2, -0.15) is 0 Å². The highest BCUT2D eigenvalue weighted by Gasteiger charge is 2.10. The standard InChI is InChI=1S/C36H36N8S6.2CHCl3/c1-7-43-8-2-38-20-30-15-26-17-32(49-35(26)47-30)23-41-5-11-44(10-4-40-22-29-14-25-13-28(19-37-1)45-34(25)46-29)12-6-42-24-33-18-27-16-31(21-39-3-9-43)48-36(27)50-33;2*2-1(3)4/h13-24H,1-12H2;2*1H. The van der Waals surface area contributed by atoms with Gasteiger partial charge in [-0.25, -0.2) is 0 Å². The molecule has 308 valence electrons. The molecule has 20 heteroatoms. The summed E-state index contributed by atoms with van der Waals surface area (Å²) in [6.45, 7) is 9.70. The van der Waals surface area contributed by atoms with E-state index in [9.17, 15) is 0 Å². The molecular formula is C38H38Cl6N8S6. The molecule has 0 spiro atoms. The first-order valence-electron chi connectivity index (χ1n) is 18.0. The summed E-state index contributed by atoms with van der Waals surface area (Å²) in [4.78, 5) is 41.0. The molecule has 0 unspecified atom stereocenters. The second kappa shape index (κ2) is 24.3. The normalized spacial score (nSPS) is 18.6. The lowest BCUT2D eigenvalue weighted by atomic mass is 10.3. The fourth-order valence-corrected chi connectivity index (χ4v) is 12.6. The van der Waals surface area contributed by atoms with Crippen LogP contribution in [0.2, 0.25) is 0 Å². The zero-order chi connectivity index (χ0) is 40.7. The van der Waals surface area contributed by atoms with Crippen molar-refractivity contribution >= 4 is 203 Å². The molecule has 0 amide bonds. The lowest BCUT2D eigenvalue weighted by Gasteiger charge is -2.19. The molecular weight excluding hydrogens is 974 g/mol. The fourth-order valence-electron chi connectivity index (χ4n) is 5.81. The van der Waals surface area contributed by atoms with Crippen molar-refractivity contribution in [2.75, 3.05) is 78.5 Å². The summed E-state index contributed by atoms with van der Waals surface area (Å²) in [5.41, 5.74) is 0. The number of halogens is 6. The second-order valence-electron chi connectivity index (χ2n) is 12.5. The van der Waals surface area contributed by atoms with Crippen LogP contribution < -0.4 is 0 Å². The van der Waals surface area contributed by atoms with E-state index in [0.717, 1.165) is 78.5 Å². The van der Waals surface area contributed by atoms with Crippen LogP contribution in [0.1, 0.15) is 29.3 Å². The van der Waals surface area contributed by atoms with Gasteiger partial charge in [-0.1, -0.05) is 69.6 Å². The second-order valence-corrected chi connectivity index (χ2v) is 23.7. The van der Waals surface area contributed by atoms with Crippen molar-refractivity contribution in [3.05, 3.63) is 65.7 Å². The fraction of sp³-hybridized carbons (Fsp3) is 0.368. The van der Waals surface area contributed by atoms with Crippen molar-refractivity contribution < 1.29 is 0 Å². The van der Waals surface area contributed by atoms with Crippen LogP contribution in [0.3, 0.4) is 0 Å². The quantitative estimate of drug-likeness (QED) is 0.142. The average Bonchev–Trinajstić information content (AvgIpc) is 4.00.